The lowest BCUT2D eigenvalue weighted by Crippen LogP contribution is -2.31. The molecule has 0 aliphatic heterocycles. The molecule has 52 heavy (non-hydrogen) atoms. The molecule has 4 aromatic carbocycles. The number of carboxylic acid groups (broad SMARTS) is 2. The molecule has 0 heterocycles. The third-order valence-corrected chi connectivity index (χ3v) is 8.04. The van der Waals surface area contributed by atoms with E-state index in [0.29, 0.717) is 11.1 Å². The Morgan fingerprint density at radius 2 is 1.00 bits per heavy atom. The lowest BCUT2D eigenvalue weighted by atomic mass is 9.95. The van der Waals surface area contributed by atoms with Crippen LogP contribution in [0.25, 0.3) is 11.1 Å². The summed E-state index contributed by atoms with van der Waals surface area (Å²) in [6.07, 6.45) is 0.461. The number of Topliss-reactive ketones (excluding diaryl/α,β-unsaturated/α-hetero) is 2. The molecule has 4 rings (SSSR count). The van der Waals surface area contributed by atoms with Gasteiger partial charge in [0.1, 0.15) is 11.2 Å². The van der Waals surface area contributed by atoms with Crippen molar-refractivity contribution in [2.75, 3.05) is 13.2 Å². The van der Waals surface area contributed by atoms with Gasteiger partial charge in [-0.05, 0) is 80.3 Å². The molecule has 0 amide bonds. The predicted molar refractivity (Wildman–Crippen MR) is 188 cm³/mol. The summed E-state index contributed by atoms with van der Waals surface area (Å²) < 4.78 is 10.7. The Labute approximate surface area is 299 Å². The smallest absolute Gasteiger partial charge is 0.339 e. The van der Waals surface area contributed by atoms with E-state index in [1.165, 1.54) is 64.1 Å². The number of hydrogen-bond acceptors (Lipinski definition) is 10. The maximum Gasteiger partial charge on any atom is 0.339 e. The number of benzene rings is 4. The van der Waals surface area contributed by atoms with E-state index in [1.807, 2.05) is 0 Å². The highest BCUT2D eigenvalue weighted by molar-refractivity contribution is 6.05. The van der Waals surface area contributed by atoms with E-state index < -0.39 is 46.6 Å². The zero-order valence-electron chi connectivity index (χ0n) is 29.0. The van der Waals surface area contributed by atoms with Gasteiger partial charge in [-0.1, -0.05) is 54.6 Å². The van der Waals surface area contributed by atoms with Gasteiger partial charge in [0, 0.05) is 24.0 Å². The minimum atomic E-state index is -1.56. The molecule has 12 nitrogen and oxygen atoms in total. The SMILES string of the molecule is CC(C)(O)C(=O)c1ccc(CCOC(=O)c2cc(-c3ccc(C(=O)OCCc4cccc(C(=O)C(C)(C)O)c4)c(C(=O)O)c3)ccc2C(=O)O)cc1. The van der Waals surface area contributed by atoms with Crippen molar-refractivity contribution in [1.82, 2.24) is 0 Å². The maximum atomic E-state index is 13.1. The van der Waals surface area contributed by atoms with Crippen molar-refractivity contribution in [1.29, 1.82) is 0 Å². The first-order valence-corrected chi connectivity index (χ1v) is 16.2. The summed E-state index contributed by atoms with van der Waals surface area (Å²) in [5.74, 6) is -5.56. The average molecular weight is 711 g/mol. The van der Waals surface area contributed by atoms with Gasteiger partial charge in [-0.15, -0.1) is 0 Å². The molecule has 0 unspecified atom stereocenters. The van der Waals surface area contributed by atoms with Crippen LogP contribution in [0.5, 0.6) is 0 Å². The summed E-state index contributed by atoms with van der Waals surface area (Å²) in [5, 5.41) is 39.6. The summed E-state index contributed by atoms with van der Waals surface area (Å²) >= 11 is 0. The molecule has 4 aromatic rings. The van der Waals surface area contributed by atoms with Gasteiger partial charge < -0.3 is 29.9 Å². The highest BCUT2D eigenvalue weighted by Crippen LogP contribution is 2.27. The standard InChI is InChI=1S/C40H38O12/c1-39(2,49)33(41)25-10-8-23(9-11-25)16-18-52-38(48)32-22-27(12-14-29(32)35(43)44)26-13-15-30(31(21-26)36(45)46)37(47)51-19-17-24-6-5-7-28(20-24)34(42)40(3,4)50/h5-15,20-22,49-50H,16-19H2,1-4H3,(H,43,44)(H,45,46). The van der Waals surface area contributed by atoms with Crippen LogP contribution in [0, 0.1) is 0 Å². The summed E-state index contributed by atoms with van der Waals surface area (Å²) in [5.41, 5.74) is -1.79. The fourth-order valence-corrected chi connectivity index (χ4v) is 5.23. The Morgan fingerprint density at radius 3 is 1.54 bits per heavy atom. The van der Waals surface area contributed by atoms with Crippen molar-refractivity contribution in [2.24, 2.45) is 0 Å². The summed E-state index contributed by atoms with van der Waals surface area (Å²) in [7, 11) is 0. The van der Waals surface area contributed by atoms with Gasteiger partial charge in [-0.3, -0.25) is 9.59 Å². The Bertz CT molecular complexity index is 2030. The quantitative estimate of drug-likeness (QED) is 0.0898. The van der Waals surface area contributed by atoms with E-state index in [2.05, 4.69) is 0 Å². The number of aliphatic hydroxyl groups is 2. The topological polar surface area (TPSA) is 202 Å². The number of carboxylic acids is 2. The van der Waals surface area contributed by atoms with E-state index in [-0.39, 0.29) is 65.0 Å². The Morgan fingerprint density at radius 1 is 0.519 bits per heavy atom. The van der Waals surface area contributed by atoms with E-state index in [1.54, 1.807) is 48.5 Å². The molecule has 0 aliphatic carbocycles. The monoisotopic (exact) mass is 710 g/mol. The summed E-state index contributed by atoms with van der Waals surface area (Å²) in [6, 6.07) is 20.6. The zero-order chi connectivity index (χ0) is 38.4. The fraction of sp³-hybridized carbons (Fsp3) is 0.250. The summed E-state index contributed by atoms with van der Waals surface area (Å²) in [6.45, 7) is 5.29. The molecule has 4 N–H and O–H groups in total. The lowest BCUT2D eigenvalue weighted by molar-refractivity contribution is 0.0485. The van der Waals surface area contributed by atoms with Crippen LogP contribution in [-0.4, -0.2) is 80.3 Å². The van der Waals surface area contributed by atoms with Crippen molar-refractivity contribution >= 4 is 35.4 Å². The van der Waals surface area contributed by atoms with E-state index >= 15 is 0 Å². The van der Waals surface area contributed by atoms with E-state index in [0.717, 1.165) is 5.56 Å². The Hall–Kier alpha value is -5.98. The molecule has 0 fully saturated rings. The molecule has 0 atom stereocenters. The number of hydrogen-bond donors (Lipinski definition) is 4. The minimum absolute atomic E-state index is 0.120. The maximum absolute atomic E-state index is 13.1. The molecule has 0 aliphatic rings. The lowest BCUT2D eigenvalue weighted by Gasteiger charge is -2.16. The van der Waals surface area contributed by atoms with Crippen molar-refractivity contribution < 1.29 is 58.7 Å². The number of esters is 2. The van der Waals surface area contributed by atoms with Crippen LogP contribution in [0.1, 0.15) is 101 Å². The number of aromatic carboxylic acids is 2. The molecule has 0 radical (unpaired) electrons. The van der Waals surface area contributed by atoms with Gasteiger partial charge in [-0.25, -0.2) is 19.2 Å². The Kier molecular flexibility index (Phi) is 11.9. The molecular formula is C40H38O12. The van der Waals surface area contributed by atoms with Crippen LogP contribution in [0.4, 0.5) is 0 Å². The summed E-state index contributed by atoms with van der Waals surface area (Å²) in [4.78, 5) is 74.8. The second-order valence-corrected chi connectivity index (χ2v) is 13.1. The fourth-order valence-electron chi connectivity index (χ4n) is 5.23. The van der Waals surface area contributed by atoms with Crippen molar-refractivity contribution in [2.45, 2.75) is 51.7 Å². The molecule has 0 saturated heterocycles. The number of carbonyl (C=O) groups excluding carboxylic acids is 4. The minimum Gasteiger partial charge on any atom is -0.478 e. The highest BCUT2D eigenvalue weighted by atomic mass is 16.5. The van der Waals surface area contributed by atoms with Gasteiger partial charge in [0.25, 0.3) is 0 Å². The molecule has 270 valence electrons. The van der Waals surface area contributed by atoms with Crippen molar-refractivity contribution in [3.05, 3.63) is 129 Å². The second kappa shape index (κ2) is 15.9. The third kappa shape index (κ3) is 9.62. The number of rotatable bonds is 15. The molecule has 0 saturated carbocycles. The van der Waals surface area contributed by atoms with Crippen LogP contribution < -0.4 is 0 Å². The van der Waals surface area contributed by atoms with Gasteiger partial charge in [0.15, 0.2) is 11.6 Å². The third-order valence-electron chi connectivity index (χ3n) is 8.04. The number of carbonyl (C=O) groups is 6. The molecule has 0 aromatic heterocycles. The van der Waals surface area contributed by atoms with Gasteiger partial charge in [-0.2, -0.15) is 0 Å². The number of ketones is 2. The largest absolute Gasteiger partial charge is 0.478 e. The Balaban J connectivity index is 1.46. The van der Waals surface area contributed by atoms with Crippen LogP contribution in [0.15, 0.2) is 84.9 Å². The van der Waals surface area contributed by atoms with E-state index in [4.69, 9.17) is 9.47 Å². The van der Waals surface area contributed by atoms with Gasteiger partial charge >= 0.3 is 23.9 Å². The average Bonchev–Trinajstić information content (AvgIpc) is 3.09. The molecule has 12 heteroatoms. The van der Waals surface area contributed by atoms with Crippen molar-refractivity contribution in [3.63, 3.8) is 0 Å². The van der Waals surface area contributed by atoms with Crippen molar-refractivity contribution in [3.8, 4) is 11.1 Å². The van der Waals surface area contributed by atoms with Crippen LogP contribution >= 0.6 is 0 Å². The number of ether oxygens (including phenoxy) is 2. The highest BCUT2D eigenvalue weighted by Gasteiger charge is 2.27. The predicted octanol–water partition coefficient (Wildman–Crippen LogP) is 5.46. The molecule has 0 bridgehead atoms. The first-order chi connectivity index (χ1) is 24.4. The first kappa shape index (κ1) is 38.8. The zero-order valence-corrected chi connectivity index (χ0v) is 29.0. The van der Waals surface area contributed by atoms with Gasteiger partial charge in [0.05, 0.1) is 35.5 Å². The normalized spacial score (nSPS) is 11.4. The molecular weight excluding hydrogens is 672 g/mol. The molecule has 0 spiro atoms. The first-order valence-electron chi connectivity index (χ1n) is 16.2. The van der Waals surface area contributed by atoms with Gasteiger partial charge in [0.2, 0.25) is 0 Å². The van der Waals surface area contributed by atoms with E-state index in [9.17, 15) is 49.2 Å². The van der Waals surface area contributed by atoms with Crippen LogP contribution in [0.3, 0.4) is 0 Å². The van der Waals surface area contributed by atoms with Crippen LogP contribution in [-0.2, 0) is 22.3 Å². The second-order valence-electron chi connectivity index (χ2n) is 13.1. The van der Waals surface area contributed by atoms with Crippen LogP contribution in [0.2, 0.25) is 0 Å².